The molecule has 1 saturated heterocycles. The quantitative estimate of drug-likeness (QED) is 0.632. The third-order valence-corrected chi connectivity index (χ3v) is 4.68. The van der Waals surface area contributed by atoms with Gasteiger partial charge in [0.15, 0.2) is 5.78 Å². The molecule has 0 saturated carbocycles. The van der Waals surface area contributed by atoms with Gasteiger partial charge in [-0.25, -0.2) is 14.8 Å². The number of benzene rings is 1. The van der Waals surface area contributed by atoms with Crippen molar-refractivity contribution in [2.75, 3.05) is 13.1 Å². The Morgan fingerprint density at radius 2 is 1.89 bits per heavy atom. The van der Waals surface area contributed by atoms with Crippen LogP contribution in [0.5, 0.6) is 0 Å². The number of fused-ring (bicyclic) bond motifs is 1. The highest BCUT2D eigenvalue weighted by Crippen LogP contribution is 2.29. The fraction of sp³-hybridized carbons (Fsp3) is 0.500. The molecule has 0 radical (unpaired) electrons. The predicted molar refractivity (Wildman–Crippen MR) is 101 cm³/mol. The molecule has 1 unspecified atom stereocenters. The molecule has 3 rings (SSSR count). The molecule has 150 valence electrons. The zero-order valence-corrected chi connectivity index (χ0v) is 16.6. The number of piperidine rings is 1. The molecule has 0 spiro atoms. The standard InChI is InChI=1S/C20H25N3O5/c1-12(24)14-8-5-9-15-16(14)18(26)23(17(15)25)22-10-6-7-13(11-22)21-19(27)28-20(2,3)4/h5,8-9,13H,6-7,10-11H2,1-4H3,(H,21,27). The first-order valence-corrected chi connectivity index (χ1v) is 9.35. The van der Waals surface area contributed by atoms with Crippen LogP contribution in [0.15, 0.2) is 18.2 Å². The van der Waals surface area contributed by atoms with Gasteiger partial charge in [0.05, 0.1) is 11.1 Å². The summed E-state index contributed by atoms with van der Waals surface area (Å²) in [6, 6.07) is 4.47. The van der Waals surface area contributed by atoms with Gasteiger partial charge in [-0.1, -0.05) is 12.1 Å². The van der Waals surface area contributed by atoms with Gasteiger partial charge < -0.3 is 10.1 Å². The Morgan fingerprint density at radius 1 is 1.18 bits per heavy atom. The number of hydrazine groups is 1. The van der Waals surface area contributed by atoms with Gasteiger partial charge in [0, 0.05) is 24.7 Å². The third kappa shape index (κ3) is 3.91. The van der Waals surface area contributed by atoms with E-state index in [1.54, 1.807) is 44.0 Å². The largest absolute Gasteiger partial charge is 0.444 e. The first-order valence-electron chi connectivity index (χ1n) is 9.35. The van der Waals surface area contributed by atoms with Gasteiger partial charge >= 0.3 is 6.09 Å². The van der Waals surface area contributed by atoms with Crippen molar-refractivity contribution in [3.8, 4) is 0 Å². The van der Waals surface area contributed by atoms with Crippen molar-refractivity contribution in [1.29, 1.82) is 0 Å². The zero-order valence-electron chi connectivity index (χ0n) is 16.6. The fourth-order valence-electron chi connectivity index (χ4n) is 3.55. The fourth-order valence-corrected chi connectivity index (χ4v) is 3.55. The average Bonchev–Trinajstić information content (AvgIpc) is 2.84. The topological polar surface area (TPSA) is 96.0 Å². The van der Waals surface area contributed by atoms with Crippen molar-refractivity contribution in [3.63, 3.8) is 0 Å². The number of carbonyl (C=O) groups is 4. The average molecular weight is 387 g/mol. The minimum absolute atomic E-state index is 0.155. The molecule has 8 heteroatoms. The number of hydrogen-bond donors (Lipinski definition) is 1. The molecular weight excluding hydrogens is 362 g/mol. The van der Waals surface area contributed by atoms with Crippen molar-refractivity contribution in [2.45, 2.75) is 52.2 Å². The molecule has 1 aromatic rings. The van der Waals surface area contributed by atoms with Gasteiger partial charge in [-0.2, -0.15) is 0 Å². The molecule has 1 N–H and O–H groups in total. The van der Waals surface area contributed by atoms with Crippen LogP contribution in [0, 0.1) is 0 Å². The predicted octanol–water partition coefficient (Wildman–Crippen LogP) is 2.39. The van der Waals surface area contributed by atoms with E-state index >= 15 is 0 Å². The number of imide groups is 1. The number of carbonyl (C=O) groups excluding carboxylic acids is 4. The number of nitrogens with zero attached hydrogens (tertiary/aromatic N) is 2. The number of ether oxygens (including phenoxy) is 1. The van der Waals surface area contributed by atoms with Crippen LogP contribution in [-0.4, -0.2) is 58.4 Å². The van der Waals surface area contributed by atoms with Crippen LogP contribution in [0.3, 0.4) is 0 Å². The molecule has 2 aliphatic heterocycles. The zero-order chi connectivity index (χ0) is 20.6. The third-order valence-electron chi connectivity index (χ3n) is 4.68. The summed E-state index contributed by atoms with van der Waals surface area (Å²) >= 11 is 0. The summed E-state index contributed by atoms with van der Waals surface area (Å²) < 4.78 is 5.28. The number of Topliss-reactive ketones (excluding diaryl/α,β-unsaturated/α-hetero) is 1. The number of nitrogens with one attached hydrogen (secondary N) is 1. The van der Waals surface area contributed by atoms with Crippen LogP contribution in [0.2, 0.25) is 0 Å². The van der Waals surface area contributed by atoms with Crippen molar-refractivity contribution >= 4 is 23.7 Å². The van der Waals surface area contributed by atoms with E-state index in [2.05, 4.69) is 5.32 Å². The maximum absolute atomic E-state index is 12.9. The summed E-state index contributed by atoms with van der Waals surface area (Å²) in [4.78, 5) is 49.7. The molecular formula is C20H25N3O5. The lowest BCUT2D eigenvalue weighted by Crippen LogP contribution is -2.56. The molecule has 1 fully saturated rings. The first-order chi connectivity index (χ1) is 13.1. The normalized spacial score (nSPS) is 20.1. The Kier molecular flexibility index (Phi) is 5.25. The monoisotopic (exact) mass is 387 g/mol. The lowest BCUT2D eigenvalue weighted by atomic mass is 10.0. The molecule has 1 atom stereocenters. The first kappa shape index (κ1) is 20.0. The number of hydrogen-bond acceptors (Lipinski definition) is 6. The molecule has 0 aromatic heterocycles. The van der Waals surface area contributed by atoms with Crippen LogP contribution >= 0.6 is 0 Å². The van der Waals surface area contributed by atoms with E-state index in [-0.39, 0.29) is 28.5 Å². The van der Waals surface area contributed by atoms with Gasteiger partial charge in [0.2, 0.25) is 0 Å². The summed E-state index contributed by atoms with van der Waals surface area (Å²) in [7, 11) is 0. The van der Waals surface area contributed by atoms with E-state index < -0.39 is 23.5 Å². The second-order valence-electron chi connectivity index (χ2n) is 8.10. The second-order valence-corrected chi connectivity index (χ2v) is 8.10. The molecule has 8 nitrogen and oxygen atoms in total. The van der Waals surface area contributed by atoms with Crippen LogP contribution < -0.4 is 5.32 Å². The van der Waals surface area contributed by atoms with Crippen LogP contribution in [0.4, 0.5) is 4.79 Å². The number of rotatable bonds is 3. The molecule has 3 amide bonds. The molecule has 1 aromatic carbocycles. The van der Waals surface area contributed by atoms with Crippen molar-refractivity contribution < 1.29 is 23.9 Å². The Morgan fingerprint density at radius 3 is 2.54 bits per heavy atom. The van der Waals surface area contributed by atoms with Crippen molar-refractivity contribution in [3.05, 3.63) is 34.9 Å². The minimum Gasteiger partial charge on any atom is -0.444 e. The second kappa shape index (κ2) is 7.35. The highest BCUT2D eigenvalue weighted by atomic mass is 16.6. The Labute approximate surface area is 163 Å². The molecule has 0 bridgehead atoms. The summed E-state index contributed by atoms with van der Waals surface area (Å²) in [6.45, 7) is 7.53. The minimum atomic E-state index is -0.607. The summed E-state index contributed by atoms with van der Waals surface area (Å²) in [5, 5.41) is 5.54. The number of amides is 3. The summed E-state index contributed by atoms with van der Waals surface area (Å²) in [5.74, 6) is -1.20. The molecule has 2 heterocycles. The van der Waals surface area contributed by atoms with E-state index in [0.29, 0.717) is 19.5 Å². The number of alkyl carbamates (subject to hydrolysis) is 1. The van der Waals surface area contributed by atoms with E-state index in [1.165, 1.54) is 6.92 Å². The van der Waals surface area contributed by atoms with Crippen LogP contribution in [0.1, 0.15) is 71.6 Å². The Bertz CT molecular complexity index is 843. The summed E-state index contributed by atoms with van der Waals surface area (Å²) in [5.41, 5.74) is 0.0327. The van der Waals surface area contributed by atoms with Crippen LogP contribution in [0.25, 0.3) is 0 Å². The van der Waals surface area contributed by atoms with Gasteiger partial charge in [0.25, 0.3) is 11.8 Å². The summed E-state index contributed by atoms with van der Waals surface area (Å²) in [6.07, 6.45) is 0.894. The maximum atomic E-state index is 12.9. The smallest absolute Gasteiger partial charge is 0.407 e. The van der Waals surface area contributed by atoms with Gasteiger partial charge in [-0.3, -0.25) is 14.4 Å². The molecule has 0 aliphatic carbocycles. The van der Waals surface area contributed by atoms with Crippen molar-refractivity contribution in [1.82, 2.24) is 15.3 Å². The maximum Gasteiger partial charge on any atom is 0.407 e. The SMILES string of the molecule is CC(=O)c1cccc2c1C(=O)N(N1CCCC(NC(=O)OC(C)(C)C)C1)C2=O. The van der Waals surface area contributed by atoms with E-state index in [4.69, 9.17) is 4.74 Å². The highest BCUT2D eigenvalue weighted by molar-refractivity contribution is 6.24. The number of ketones is 1. The van der Waals surface area contributed by atoms with Crippen molar-refractivity contribution in [2.24, 2.45) is 0 Å². The lowest BCUT2D eigenvalue weighted by Gasteiger charge is -2.37. The van der Waals surface area contributed by atoms with Crippen LogP contribution in [-0.2, 0) is 4.74 Å². The lowest BCUT2D eigenvalue weighted by molar-refractivity contribution is -0.0141. The van der Waals surface area contributed by atoms with E-state index in [1.807, 2.05) is 0 Å². The Balaban J connectivity index is 1.76. The Hall–Kier alpha value is -2.74. The highest BCUT2D eigenvalue weighted by Gasteiger charge is 2.42. The van der Waals surface area contributed by atoms with E-state index in [9.17, 15) is 19.2 Å². The van der Waals surface area contributed by atoms with Gasteiger partial charge in [-0.15, -0.1) is 0 Å². The molecule has 2 aliphatic rings. The van der Waals surface area contributed by atoms with Gasteiger partial charge in [-0.05, 0) is 46.6 Å². The molecule has 28 heavy (non-hydrogen) atoms. The van der Waals surface area contributed by atoms with E-state index in [0.717, 1.165) is 11.4 Å². The van der Waals surface area contributed by atoms with Gasteiger partial charge in [0.1, 0.15) is 5.60 Å².